The van der Waals surface area contributed by atoms with Gasteiger partial charge in [0, 0.05) is 43.6 Å². The summed E-state index contributed by atoms with van der Waals surface area (Å²) >= 11 is 0. The largest absolute Gasteiger partial charge is 0.492 e. The zero-order valence-corrected chi connectivity index (χ0v) is 18.1. The van der Waals surface area contributed by atoms with Crippen molar-refractivity contribution in [3.05, 3.63) is 54.0 Å². The lowest BCUT2D eigenvalue weighted by Gasteiger charge is -2.42. The number of aromatic nitrogens is 2. The van der Waals surface area contributed by atoms with Crippen LogP contribution in [-0.2, 0) is 4.79 Å². The van der Waals surface area contributed by atoms with Gasteiger partial charge < -0.3 is 14.5 Å². The topological polar surface area (TPSA) is 97.6 Å². The van der Waals surface area contributed by atoms with Crippen molar-refractivity contribution in [3.8, 4) is 11.8 Å². The van der Waals surface area contributed by atoms with Crippen molar-refractivity contribution >= 4 is 17.5 Å². The standard InChI is InChI=1S/C23H25N7O2/c1-15-11-19(30(27-15)20-5-3-4-9-25-20)23(31)28-13-17-6-7-18(14-28)29(17)22-21(32-2)16(12-24)8-10-26-22/h3-5,8-11,15,17-18,27H,6-7,13-14H2,1-2H3. The second kappa shape index (κ2) is 8.13. The van der Waals surface area contributed by atoms with E-state index in [1.165, 1.54) is 0 Å². The smallest absolute Gasteiger partial charge is 0.271 e. The maximum atomic E-state index is 13.6. The van der Waals surface area contributed by atoms with E-state index in [2.05, 4.69) is 26.4 Å². The summed E-state index contributed by atoms with van der Waals surface area (Å²) in [6.07, 6.45) is 7.25. The Morgan fingerprint density at radius 1 is 1.19 bits per heavy atom. The van der Waals surface area contributed by atoms with Gasteiger partial charge in [0.05, 0.1) is 12.7 Å². The van der Waals surface area contributed by atoms with Gasteiger partial charge in [-0.2, -0.15) is 5.26 Å². The van der Waals surface area contributed by atoms with Gasteiger partial charge in [-0.05, 0) is 44.0 Å². The van der Waals surface area contributed by atoms with Crippen molar-refractivity contribution in [1.29, 1.82) is 5.26 Å². The molecule has 3 aliphatic rings. The molecule has 5 rings (SSSR count). The summed E-state index contributed by atoms with van der Waals surface area (Å²) in [4.78, 5) is 26.7. The van der Waals surface area contributed by atoms with Crippen LogP contribution in [0.1, 0.15) is 25.3 Å². The number of nitrogens with zero attached hydrogens (tertiary/aromatic N) is 6. The van der Waals surface area contributed by atoms with E-state index in [9.17, 15) is 10.1 Å². The molecule has 2 aromatic rings. The van der Waals surface area contributed by atoms with Crippen molar-refractivity contribution in [1.82, 2.24) is 20.3 Å². The number of hydrogen-bond acceptors (Lipinski definition) is 8. The van der Waals surface area contributed by atoms with E-state index in [0.29, 0.717) is 41.7 Å². The van der Waals surface area contributed by atoms with E-state index < -0.39 is 0 Å². The zero-order chi connectivity index (χ0) is 22.2. The quantitative estimate of drug-likeness (QED) is 0.783. The lowest BCUT2D eigenvalue weighted by Crippen LogP contribution is -2.57. The molecule has 0 aliphatic carbocycles. The molecule has 3 aliphatic heterocycles. The predicted molar refractivity (Wildman–Crippen MR) is 119 cm³/mol. The Morgan fingerprint density at radius 3 is 2.62 bits per heavy atom. The summed E-state index contributed by atoms with van der Waals surface area (Å²) in [5.74, 6) is 1.89. The molecule has 2 aromatic heterocycles. The molecule has 5 heterocycles. The molecule has 0 radical (unpaired) electrons. The zero-order valence-electron chi connectivity index (χ0n) is 18.1. The highest BCUT2D eigenvalue weighted by atomic mass is 16.5. The van der Waals surface area contributed by atoms with Crippen LogP contribution in [0.2, 0.25) is 0 Å². The average Bonchev–Trinajstić information content (AvgIpc) is 3.34. The number of likely N-dealkylation sites (tertiary alicyclic amines) is 1. The lowest BCUT2D eigenvalue weighted by molar-refractivity contribution is -0.128. The Hall–Kier alpha value is -3.64. The lowest BCUT2D eigenvalue weighted by atomic mass is 10.1. The van der Waals surface area contributed by atoms with Crippen LogP contribution < -0.4 is 20.1 Å². The molecule has 0 spiro atoms. The first kappa shape index (κ1) is 20.3. The number of methoxy groups -OCH3 is 1. The Bertz CT molecular complexity index is 1080. The van der Waals surface area contributed by atoms with Gasteiger partial charge in [0.25, 0.3) is 5.91 Å². The van der Waals surface area contributed by atoms with Crippen LogP contribution in [0, 0.1) is 11.3 Å². The molecule has 2 saturated heterocycles. The van der Waals surface area contributed by atoms with E-state index in [1.54, 1.807) is 30.6 Å². The molecule has 0 aromatic carbocycles. The fraction of sp³-hybridized carbons (Fsp3) is 0.391. The van der Waals surface area contributed by atoms with E-state index in [4.69, 9.17) is 4.74 Å². The van der Waals surface area contributed by atoms with E-state index >= 15 is 0 Å². The van der Waals surface area contributed by atoms with Gasteiger partial charge in [-0.15, -0.1) is 0 Å². The van der Waals surface area contributed by atoms with Gasteiger partial charge in [0.1, 0.15) is 17.6 Å². The molecule has 164 valence electrons. The molecule has 3 unspecified atom stereocenters. The van der Waals surface area contributed by atoms with Gasteiger partial charge in [0.2, 0.25) is 0 Å². The molecule has 9 heteroatoms. The van der Waals surface area contributed by atoms with Gasteiger partial charge in [-0.1, -0.05) is 6.07 Å². The molecule has 9 nitrogen and oxygen atoms in total. The second-order valence-corrected chi connectivity index (χ2v) is 8.32. The number of nitrogens with one attached hydrogen (secondary N) is 1. The molecule has 3 atom stereocenters. The molecule has 2 bridgehead atoms. The number of ether oxygens (including phenoxy) is 1. The monoisotopic (exact) mass is 431 g/mol. The number of carbonyl (C=O) groups excluding carboxylic acids is 1. The number of pyridine rings is 2. The molecule has 1 N–H and O–H groups in total. The summed E-state index contributed by atoms with van der Waals surface area (Å²) in [5.41, 5.74) is 4.38. The van der Waals surface area contributed by atoms with Crippen LogP contribution in [-0.4, -0.2) is 59.1 Å². The number of rotatable bonds is 4. The fourth-order valence-corrected chi connectivity index (χ4v) is 4.95. The van der Waals surface area contributed by atoms with Crippen LogP contribution in [0.3, 0.4) is 0 Å². The molecule has 2 fully saturated rings. The third-order valence-electron chi connectivity index (χ3n) is 6.30. The number of hydrogen-bond donors (Lipinski definition) is 1. The molecule has 32 heavy (non-hydrogen) atoms. The van der Waals surface area contributed by atoms with Crippen molar-refractivity contribution < 1.29 is 9.53 Å². The first-order valence-electron chi connectivity index (χ1n) is 10.8. The minimum atomic E-state index is -0.00486. The van der Waals surface area contributed by atoms with Gasteiger partial charge in [-0.25, -0.2) is 15.4 Å². The molecule has 1 amide bonds. The van der Waals surface area contributed by atoms with Crippen molar-refractivity contribution in [2.75, 3.05) is 30.1 Å². The number of nitriles is 1. The van der Waals surface area contributed by atoms with Crippen LogP contribution in [0.4, 0.5) is 11.6 Å². The highest BCUT2D eigenvalue weighted by Gasteiger charge is 2.44. The highest BCUT2D eigenvalue weighted by Crippen LogP contribution is 2.40. The number of piperazine rings is 1. The Balaban J connectivity index is 1.39. The number of fused-ring (bicyclic) bond motifs is 2. The molecule has 0 saturated carbocycles. The highest BCUT2D eigenvalue weighted by molar-refractivity contribution is 5.97. The maximum absolute atomic E-state index is 13.6. The molecular weight excluding hydrogens is 406 g/mol. The Morgan fingerprint density at radius 2 is 1.97 bits per heavy atom. The van der Waals surface area contributed by atoms with Crippen LogP contribution in [0.15, 0.2) is 48.4 Å². The van der Waals surface area contributed by atoms with Crippen molar-refractivity contribution in [2.24, 2.45) is 0 Å². The Labute approximate surface area is 186 Å². The summed E-state index contributed by atoms with van der Waals surface area (Å²) < 4.78 is 5.54. The third-order valence-corrected chi connectivity index (χ3v) is 6.30. The average molecular weight is 432 g/mol. The minimum Gasteiger partial charge on any atom is -0.492 e. The van der Waals surface area contributed by atoms with E-state index in [1.807, 2.05) is 36.1 Å². The summed E-state index contributed by atoms with van der Waals surface area (Å²) in [6.45, 7) is 3.20. The van der Waals surface area contributed by atoms with E-state index in [-0.39, 0.29) is 24.0 Å². The summed E-state index contributed by atoms with van der Waals surface area (Å²) in [6, 6.07) is 9.79. The predicted octanol–water partition coefficient (Wildman–Crippen LogP) is 1.83. The van der Waals surface area contributed by atoms with E-state index in [0.717, 1.165) is 12.8 Å². The van der Waals surface area contributed by atoms with Gasteiger partial charge >= 0.3 is 0 Å². The first-order chi connectivity index (χ1) is 15.6. The SMILES string of the molecule is COc1c(C#N)ccnc1N1C2CCC1CN(C(=O)C1=CC(C)NN1c1ccccn1)C2. The summed E-state index contributed by atoms with van der Waals surface area (Å²) in [7, 11) is 1.57. The number of carbonyl (C=O) groups is 1. The number of hydrazine groups is 1. The van der Waals surface area contributed by atoms with Crippen LogP contribution >= 0.6 is 0 Å². The van der Waals surface area contributed by atoms with Crippen molar-refractivity contribution in [2.45, 2.75) is 37.9 Å². The molecular formula is C23H25N7O2. The van der Waals surface area contributed by atoms with Crippen LogP contribution in [0.5, 0.6) is 5.75 Å². The second-order valence-electron chi connectivity index (χ2n) is 8.32. The maximum Gasteiger partial charge on any atom is 0.271 e. The third kappa shape index (κ3) is 3.33. The minimum absolute atomic E-state index is 0.00486. The fourth-order valence-electron chi connectivity index (χ4n) is 4.95. The van der Waals surface area contributed by atoms with Crippen LogP contribution in [0.25, 0.3) is 0 Å². The van der Waals surface area contributed by atoms with Crippen molar-refractivity contribution in [3.63, 3.8) is 0 Å². The van der Waals surface area contributed by atoms with Gasteiger partial charge in [0.15, 0.2) is 11.6 Å². The number of amides is 1. The number of anilines is 2. The first-order valence-corrected chi connectivity index (χ1v) is 10.8. The Kier molecular flexibility index (Phi) is 5.15. The normalized spacial score (nSPS) is 24.3. The van der Waals surface area contributed by atoms with Gasteiger partial charge in [-0.3, -0.25) is 9.80 Å². The summed E-state index contributed by atoms with van der Waals surface area (Å²) in [5, 5.41) is 11.2.